The molecule has 0 aromatic carbocycles. The van der Waals surface area contributed by atoms with E-state index in [2.05, 4.69) is 9.80 Å². The van der Waals surface area contributed by atoms with E-state index in [-0.39, 0.29) is 0 Å². The molecule has 1 aliphatic heterocycles. The Balaban J connectivity index is 1.40. The van der Waals surface area contributed by atoms with Crippen LogP contribution in [0.15, 0.2) is 0 Å². The minimum absolute atomic E-state index is 0.485. The van der Waals surface area contributed by atoms with E-state index in [9.17, 15) is 0 Å². The van der Waals surface area contributed by atoms with Gasteiger partial charge in [-0.3, -0.25) is 4.90 Å². The van der Waals surface area contributed by atoms with Gasteiger partial charge in [-0.25, -0.2) is 0 Å². The van der Waals surface area contributed by atoms with E-state index in [1.54, 1.807) is 0 Å². The number of piperazine rings is 1. The predicted octanol–water partition coefficient (Wildman–Crippen LogP) is 2.06. The third-order valence-electron chi connectivity index (χ3n) is 5.59. The molecule has 1 heterocycles. The van der Waals surface area contributed by atoms with E-state index in [1.807, 2.05) is 0 Å². The summed E-state index contributed by atoms with van der Waals surface area (Å²) in [6, 6.07) is 1.41. The molecule has 1 saturated heterocycles. The van der Waals surface area contributed by atoms with Crippen LogP contribution in [0.3, 0.4) is 0 Å². The molecule has 0 aromatic rings. The van der Waals surface area contributed by atoms with Crippen molar-refractivity contribution in [2.75, 3.05) is 32.7 Å². The fraction of sp³-hybridized carbons (Fsp3) is 1.00. The molecule has 3 rings (SSSR count). The molecule has 3 aliphatic rings. The Kier molecular flexibility index (Phi) is 4.78. The second-order valence-corrected chi connectivity index (χ2v) is 7.07. The summed E-state index contributed by atoms with van der Waals surface area (Å²) in [6.07, 6.45) is 11.1. The molecule has 0 bridgehead atoms. The summed E-state index contributed by atoms with van der Waals surface area (Å²) in [5.74, 6) is 0.877. The third-order valence-corrected chi connectivity index (χ3v) is 5.59. The molecule has 2 unspecified atom stereocenters. The minimum atomic E-state index is 0.485. The Bertz CT molecular complexity index is 267. The lowest BCUT2D eigenvalue weighted by Gasteiger charge is -2.40. The van der Waals surface area contributed by atoms with Gasteiger partial charge in [0.2, 0.25) is 0 Å². The Hall–Kier alpha value is -0.120. The predicted molar refractivity (Wildman–Crippen MR) is 80.2 cm³/mol. The second kappa shape index (κ2) is 6.55. The molecule has 110 valence electrons. The summed E-state index contributed by atoms with van der Waals surface area (Å²) in [6.45, 7) is 6.52. The monoisotopic (exact) mass is 265 g/mol. The zero-order chi connectivity index (χ0) is 13.1. The topological polar surface area (TPSA) is 32.5 Å². The van der Waals surface area contributed by atoms with Gasteiger partial charge in [0.15, 0.2) is 0 Å². The molecule has 2 atom stereocenters. The van der Waals surface area contributed by atoms with Crippen LogP contribution in [-0.4, -0.2) is 54.6 Å². The Morgan fingerprint density at radius 2 is 1.58 bits per heavy atom. The Morgan fingerprint density at radius 1 is 0.842 bits per heavy atom. The van der Waals surface area contributed by atoms with Crippen molar-refractivity contribution in [2.45, 2.75) is 63.5 Å². The van der Waals surface area contributed by atoms with Crippen LogP contribution in [0.1, 0.15) is 51.4 Å². The van der Waals surface area contributed by atoms with Crippen LogP contribution < -0.4 is 5.73 Å². The highest BCUT2D eigenvalue weighted by Crippen LogP contribution is 2.26. The van der Waals surface area contributed by atoms with E-state index < -0.39 is 0 Å². The van der Waals surface area contributed by atoms with Gasteiger partial charge < -0.3 is 10.6 Å². The van der Waals surface area contributed by atoms with Crippen molar-refractivity contribution >= 4 is 0 Å². The van der Waals surface area contributed by atoms with E-state index in [0.29, 0.717) is 6.04 Å². The molecular weight excluding hydrogens is 234 g/mol. The largest absolute Gasteiger partial charge is 0.328 e. The maximum atomic E-state index is 6.11. The van der Waals surface area contributed by atoms with Gasteiger partial charge in [-0.15, -0.1) is 0 Å². The van der Waals surface area contributed by atoms with Gasteiger partial charge in [-0.1, -0.05) is 19.3 Å². The van der Waals surface area contributed by atoms with Gasteiger partial charge in [0.05, 0.1) is 0 Å². The Morgan fingerprint density at radius 3 is 2.26 bits per heavy atom. The van der Waals surface area contributed by atoms with E-state index >= 15 is 0 Å². The van der Waals surface area contributed by atoms with Gasteiger partial charge in [0, 0.05) is 44.8 Å². The van der Waals surface area contributed by atoms with Crippen molar-refractivity contribution in [3.05, 3.63) is 0 Å². The summed E-state index contributed by atoms with van der Waals surface area (Å²) in [4.78, 5) is 5.46. The third kappa shape index (κ3) is 3.71. The first-order valence-corrected chi connectivity index (χ1v) is 8.53. The molecule has 2 saturated carbocycles. The molecule has 2 aliphatic carbocycles. The molecule has 0 aromatic heterocycles. The summed E-state index contributed by atoms with van der Waals surface area (Å²) in [7, 11) is 0. The summed E-state index contributed by atoms with van der Waals surface area (Å²) in [5.41, 5.74) is 6.11. The smallest absolute Gasteiger partial charge is 0.0113 e. The molecule has 3 heteroatoms. The highest BCUT2D eigenvalue weighted by atomic mass is 15.3. The first-order chi connectivity index (χ1) is 9.31. The lowest BCUT2D eigenvalue weighted by molar-refractivity contribution is 0.0812. The van der Waals surface area contributed by atoms with E-state index in [4.69, 9.17) is 5.73 Å². The zero-order valence-electron chi connectivity index (χ0n) is 12.4. The molecular formula is C16H31N3. The van der Waals surface area contributed by atoms with Gasteiger partial charge in [-0.05, 0) is 38.0 Å². The average molecular weight is 265 g/mol. The highest BCUT2D eigenvalue weighted by molar-refractivity contribution is 4.84. The van der Waals surface area contributed by atoms with Crippen molar-refractivity contribution in [1.29, 1.82) is 0 Å². The lowest BCUT2D eigenvalue weighted by atomic mass is 9.86. The van der Waals surface area contributed by atoms with Crippen LogP contribution in [0.4, 0.5) is 0 Å². The molecule has 3 nitrogen and oxygen atoms in total. The summed E-state index contributed by atoms with van der Waals surface area (Å²) < 4.78 is 0. The lowest BCUT2D eigenvalue weighted by Crippen LogP contribution is -2.51. The number of nitrogens with zero attached hydrogens (tertiary/aromatic N) is 2. The van der Waals surface area contributed by atoms with Crippen molar-refractivity contribution in [2.24, 2.45) is 11.7 Å². The van der Waals surface area contributed by atoms with Crippen LogP contribution in [0, 0.1) is 5.92 Å². The average Bonchev–Trinajstić information content (AvgIpc) is 2.94. The normalized spacial score (nSPS) is 35.8. The SMILES string of the molecule is NC1CCCC(CN2CCN(C3CCCC3)CC2)C1. The fourth-order valence-corrected chi connectivity index (χ4v) is 4.44. The van der Waals surface area contributed by atoms with Crippen molar-refractivity contribution in [3.63, 3.8) is 0 Å². The van der Waals surface area contributed by atoms with Crippen LogP contribution in [0.5, 0.6) is 0 Å². The van der Waals surface area contributed by atoms with Crippen LogP contribution in [0.25, 0.3) is 0 Å². The molecule has 19 heavy (non-hydrogen) atoms. The summed E-state index contributed by atoms with van der Waals surface area (Å²) in [5, 5.41) is 0. The van der Waals surface area contributed by atoms with Crippen LogP contribution in [0.2, 0.25) is 0 Å². The number of rotatable bonds is 3. The van der Waals surface area contributed by atoms with E-state index in [1.165, 1.54) is 84.1 Å². The van der Waals surface area contributed by atoms with Crippen LogP contribution in [-0.2, 0) is 0 Å². The molecule has 0 spiro atoms. The molecule has 0 amide bonds. The summed E-state index contributed by atoms with van der Waals surface area (Å²) >= 11 is 0. The minimum Gasteiger partial charge on any atom is -0.328 e. The van der Waals surface area contributed by atoms with Gasteiger partial charge in [-0.2, -0.15) is 0 Å². The van der Waals surface area contributed by atoms with Crippen molar-refractivity contribution in [3.8, 4) is 0 Å². The second-order valence-electron chi connectivity index (χ2n) is 7.07. The van der Waals surface area contributed by atoms with Crippen LogP contribution >= 0.6 is 0 Å². The Labute approximate surface area is 118 Å². The molecule has 2 N–H and O–H groups in total. The molecule has 0 radical (unpaired) electrons. The quantitative estimate of drug-likeness (QED) is 0.848. The van der Waals surface area contributed by atoms with Crippen molar-refractivity contribution < 1.29 is 0 Å². The molecule has 3 fully saturated rings. The van der Waals surface area contributed by atoms with Crippen molar-refractivity contribution in [1.82, 2.24) is 9.80 Å². The first kappa shape index (κ1) is 13.8. The maximum Gasteiger partial charge on any atom is 0.0113 e. The number of nitrogens with two attached hydrogens (primary N) is 1. The maximum absolute atomic E-state index is 6.11. The van der Waals surface area contributed by atoms with Gasteiger partial charge >= 0.3 is 0 Å². The fourth-order valence-electron chi connectivity index (χ4n) is 4.44. The first-order valence-electron chi connectivity index (χ1n) is 8.53. The van der Waals surface area contributed by atoms with Gasteiger partial charge in [0.1, 0.15) is 0 Å². The van der Waals surface area contributed by atoms with E-state index in [0.717, 1.165) is 12.0 Å². The number of hydrogen-bond donors (Lipinski definition) is 1. The zero-order valence-corrected chi connectivity index (χ0v) is 12.4. The standard InChI is InChI=1S/C16H31N3/c17-15-5-3-4-14(12-15)13-18-8-10-19(11-9-18)16-6-1-2-7-16/h14-16H,1-13,17H2. The van der Waals surface area contributed by atoms with Gasteiger partial charge in [0.25, 0.3) is 0 Å². The highest BCUT2D eigenvalue weighted by Gasteiger charge is 2.28. The number of hydrogen-bond acceptors (Lipinski definition) is 3.